The van der Waals surface area contributed by atoms with Gasteiger partial charge in [0.05, 0.1) is 12.7 Å². The van der Waals surface area contributed by atoms with Gasteiger partial charge in [-0.3, -0.25) is 0 Å². The SMILES string of the molecule is COc1cccc(CNC(=O)N2CCN(c3ncccc3C(F)(F)F)CC2)c1O. The minimum Gasteiger partial charge on any atom is -0.504 e. The van der Waals surface area contributed by atoms with Crippen LogP contribution in [0.25, 0.3) is 0 Å². The van der Waals surface area contributed by atoms with E-state index in [2.05, 4.69) is 10.3 Å². The van der Waals surface area contributed by atoms with Crippen molar-refractivity contribution in [1.82, 2.24) is 15.2 Å². The molecule has 1 aliphatic rings. The van der Waals surface area contributed by atoms with E-state index in [0.29, 0.717) is 11.3 Å². The summed E-state index contributed by atoms with van der Waals surface area (Å²) >= 11 is 0. The highest BCUT2D eigenvalue weighted by atomic mass is 19.4. The van der Waals surface area contributed by atoms with E-state index in [4.69, 9.17) is 4.74 Å². The van der Waals surface area contributed by atoms with Gasteiger partial charge in [-0.2, -0.15) is 13.2 Å². The first kappa shape index (κ1) is 20.6. The van der Waals surface area contributed by atoms with Gasteiger partial charge < -0.3 is 25.0 Å². The number of urea groups is 1. The second kappa shape index (κ2) is 8.46. The van der Waals surface area contributed by atoms with Crippen molar-refractivity contribution >= 4 is 11.8 Å². The number of anilines is 1. The van der Waals surface area contributed by atoms with Crippen molar-refractivity contribution in [3.8, 4) is 11.5 Å². The quantitative estimate of drug-likeness (QED) is 0.811. The van der Waals surface area contributed by atoms with Crippen LogP contribution in [0, 0.1) is 0 Å². The lowest BCUT2D eigenvalue weighted by atomic mass is 10.2. The van der Waals surface area contributed by atoms with Crippen molar-refractivity contribution in [2.24, 2.45) is 0 Å². The minimum atomic E-state index is -4.49. The van der Waals surface area contributed by atoms with E-state index in [0.717, 1.165) is 6.07 Å². The second-order valence-corrected chi connectivity index (χ2v) is 6.47. The summed E-state index contributed by atoms with van der Waals surface area (Å²) in [5.74, 6) is 0.137. The number of nitrogens with one attached hydrogen (secondary N) is 1. The van der Waals surface area contributed by atoms with Crippen molar-refractivity contribution < 1.29 is 27.8 Å². The van der Waals surface area contributed by atoms with Crippen molar-refractivity contribution in [1.29, 1.82) is 0 Å². The Kier molecular flexibility index (Phi) is 6.00. The number of methoxy groups -OCH3 is 1. The molecule has 1 aliphatic heterocycles. The number of carbonyl (C=O) groups excluding carboxylic acids is 1. The Bertz CT molecular complexity index is 868. The van der Waals surface area contributed by atoms with Crippen molar-refractivity contribution in [2.45, 2.75) is 12.7 Å². The first-order valence-electron chi connectivity index (χ1n) is 8.96. The topological polar surface area (TPSA) is 77.9 Å². The highest BCUT2D eigenvalue weighted by molar-refractivity contribution is 5.74. The van der Waals surface area contributed by atoms with Gasteiger partial charge in [0, 0.05) is 44.5 Å². The van der Waals surface area contributed by atoms with E-state index in [-0.39, 0.29) is 50.3 Å². The number of ether oxygens (including phenoxy) is 1. The standard InChI is InChI=1S/C19H21F3N4O3/c1-29-15-6-2-4-13(16(15)27)12-24-18(28)26-10-8-25(9-11-26)17-14(19(20,21)22)5-3-7-23-17/h2-7,27H,8-12H2,1H3,(H,24,28). The average Bonchev–Trinajstić information content (AvgIpc) is 2.72. The van der Waals surface area contributed by atoms with E-state index in [1.165, 1.54) is 29.2 Å². The van der Waals surface area contributed by atoms with Crippen LogP contribution in [-0.2, 0) is 12.7 Å². The summed E-state index contributed by atoms with van der Waals surface area (Å²) in [5, 5.41) is 12.8. The Morgan fingerprint density at radius 2 is 1.93 bits per heavy atom. The van der Waals surface area contributed by atoms with Crippen molar-refractivity contribution in [3.63, 3.8) is 0 Å². The molecule has 0 saturated carbocycles. The summed E-state index contributed by atoms with van der Waals surface area (Å²) in [6.07, 6.45) is -3.17. The molecule has 1 saturated heterocycles. The largest absolute Gasteiger partial charge is 0.504 e. The molecule has 156 valence electrons. The maximum atomic E-state index is 13.2. The number of pyridine rings is 1. The Morgan fingerprint density at radius 3 is 2.59 bits per heavy atom. The maximum Gasteiger partial charge on any atom is 0.419 e. The number of benzene rings is 1. The minimum absolute atomic E-state index is 0.0463. The zero-order valence-electron chi connectivity index (χ0n) is 15.7. The highest BCUT2D eigenvalue weighted by Crippen LogP contribution is 2.35. The fourth-order valence-electron chi connectivity index (χ4n) is 3.15. The second-order valence-electron chi connectivity index (χ2n) is 6.47. The molecule has 1 aromatic carbocycles. The van der Waals surface area contributed by atoms with Gasteiger partial charge in [0.1, 0.15) is 5.82 Å². The van der Waals surface area contributed by atoms with Gasteiger partial charge >= 0.3 is 12.2 Å². The number of para-hydroxylation sites is 1. The zero-order chi connectivity index (χ0) is 21.0. The number of carbonyl (C=O) groups is 1. The summed E-state index contributed by atoms with van der Waals surface area (Å²) in [4.78, 5) is 19.3. The van der Waals surface area contributed by atoms with Crippen LogP contribution in [0.5, 0.6) is 11.5 Å². The number of piperazine rings is 1. The Morgan fingerprint density at radius 1 is 1.21 bits per heavy atom. The number of nitrogens with zero attached hydrogens (tertiary/aromatic N) is 3. The van der Waals surface area contributed by atoms with Crippen molar-refractivity contribution in [3.05, 3.63) is 47.7 Å². The smallest absolute Gasteiger partial charge is 0.419 e. The maximum absolute atomic E-state index is 13.2. The molecule has 3 rings (SSSR count). The molecule has 2 N–H and O–H groups in total. The predicted molar refractivity (Wildman–Crippen MR) is 99.9 cm³/mol. The number of amides is 2. The van der Waals surface area contributed by atoms with Crippen LogP contribution < -0.4 is 15.0 Å². The van der Waals surface area contributed by atoms with Crippen LogP contribution in [0.15, 0.2) is 36.5 Å². The molecule has 0 atom stereocenters. The Labute approximate surface area is 165 Å². The van der Waals surface area contributed by atoms with Gasteiger partial charge in [0.15, 0.2) is 11.5 Å². The third-order valence-corrected chi connectivity index (χ3v) is 4.69. The Balaban J connectivity index is 1.58. The molecular formula is C19H21F3N4O3. The molecule has 0 unspecified atom stereocenters. The molecule has 29 heavy (non-hydrogen) atoms. The van der Waals surface area contributed by atoms with E-state index in [1.54, 1.807) is 18.2 Å². The molecule has 0 radical (unpaired) electrons. The normalized spacial score (nSPS) is 14.6. The number of alkyl halides is 3. The number of phenolic OH excluding ortho intramolecular Hbond substituents is 1. The van der Waals surface area contributed by atoms with E-state index >= 15 is 0 Å². The van der Waals surface area contributed by atoms with Gasteiger partial charge in [-0.05, 0) is 18.2 Å². The summed E-state index contributed by atoms with van der Waals surface area (Å²) in [7, 11) is 1.43. The number of hydrogen-bond donors (Lipinski definition) is 2. The zero-order valence-corrected chi connectivity index (χ0v) is 15.7. The molecule has 2 aromatic rings. The van der Waals surface area contributed by atoms with Crippen LogP contribution in [-0.4, -0.2) is 54.3 Å². The lowest BCUT2D eigenvalue weighted by Gasteiger charge is -2.36. The van der Waals surface area contributed by atoms with Gasteiger partial charge in [-0.1, -0.05) is 12.1 Å². The summed E-state index contributed by atoms with van der Waals surface area (Å²) < 4.78 is 44.6. The highest BCUT2D eigenvalue weighted by Gasteiger charge is 2.36. The van der Waals surface area contributed by atoms with Crippen LogP contribution in [0.2, 0.25) is 0 Å². The first-order valence-corrected chi connectivity index (χ1v) is 8.96. The van der Waals surface area contributed by atoms with E-state index in [1.807, 2.05) is 0 Å². The van der Waals surface area contributed by atoms with Crippen LogP contribution in [0.3, 0.4) is 0 Å². The predicted octanol–water partition coefficient (Wildman–Crippen LogP) is 2.85. The molecule has 1 aromatic heterocycles. The molecule has 2 heterocycles. The van der Waals surface area contributed by atoms with Crippen LogP contribution in [0.1, 0.15) is 11.1 Å². The number of aromatic hydroxyl groups is 1. The molecule has 0 aliphatic carbocycles. The lowest BCUT2D eigenvalue weighted by molar-refractivity contribution is -0.137. The van der Waals surface area contributed by atoms with Crippen LogP contribution >= 0.6 is 0 Å². The molecule has 0 bridgehead atoms. The van der Waals surface area contributed by atoms with Gasteiger partial charge in [0.2, 0.25) is 0 Å². The lowest BCUT2D eigenvalue weighted by Crippen LogP contribution is -2.52. The van der Waals surface area contributed by atoms with Crippen LogP contribution in [0.4, 0.5) is 23.8 Å². The molecule has 10 heteroatoms. The monoisotopic (exact) mass is 410 g/mol. The van der Waals surface area contributed by atoms with Gasteiger partial charge in [-0.25, -0.2) is 9.78 Å². The van der Waals surface area contributed by atoms with Gasteiger partial charge in [0.25, 0.3) is 0 Å². The first-order chi connectivity index (χ1) is 13.8. The molecular weight excluding hydrogens is 389 g/mol. The molecule has 7 nitrogen and oxygen atoms in total. The van der Waals surface area contributed by atoms with E-state index < -0.39 is 11.7 Å². The third kappa shape index (κ3) is 4.64. The molecule has 0 spiro atoms. The number of hydrogen-bond acceptors (Lipinski definition) is 5. The summed E-state index contributed by atoms with van der Waals surface area (Å²) in [5.41, 5.74) is -0.286. The summed E-state index contributed by atoms with van der Waals surface area (Å²) in [6, 6.07) is 6.86. The number of aromatic nitrogens is 1. The fourth-order valence-corrected chi connectivity index (χ4v) is 3.15. The number of rotatable bonds is 4. The number of phenols is 1. The fraction of sp³-hybridized carbons (Fsp3) is 0.368. The van der Waals surface area contributed by atoms with E-state index in [9.17, 15) is 23.1 Å². The third-order valence-electron chi connectivity index (χ3n) is 4.69. The molecule has 2 amide bonds. The number of halogens is 3. The summed E-state index contributed by atoms with van der Waals surface area (Å²) in [6.45, 7) is 1.07. The average molecular weight is 410 g/mol. The van der Waals surface area contributed by atoms with Gasteiger partial charge in [-0.15, -0.1) is 0 Å². The Hall–Kier alpha value is -3.17. The van der Waals surface area contributed by atoms with Crippen molar-refractivity contribution in [2.75, 3.05) is 38.2 Å². The molecule has 1 fully saturated rings.